The van der Waals surface area contributed by atoms with E-state index >= 15 is 0 Å². The number of phenolic OH excluding ortho intramolecular Hbond substituents is 1. The number of fused-ring (bicyclic) bond motifs is 1. The second kappa shape index (κ2) is 7.07. The van der Waals surface area contributed by atoms with Gasteiger partial charge in [0.15, 0.2) is 0 Å². The van der Waals surface area contributed by atoms with E-state index in [-0.39, 0.29) is 23.8 Å². The summed E-state index contributed by atoms with van der Waals surface area (Å²) in [5, 5.41) is 17.5. The number of nitrogens with one attached hydrogen (secondary N) is 2. The molecule has 0 saturated heterocycles. The fourth-order valence-corrected chi connectivity index (χ4v) is 3.09. The first-order chi connectivity index (χ1) is 12.4. The van der Waals surface area contributed by atoms with Crippen molar-refractivity contribution < 1.29 is 19.4 Å². The van der Waals surface area contributed by atoms with E-state index in [1.54, 1.807) is 19.1 Å². The smallest absolute Gasteiger partial charge is 0.338 e. The van der Waals surface area contributed by atoms with E-state index < -0.39 is 18.0 Å². The van der Waals surface area contributed by atoms with Gasteiger partial charge in [0, 0.05) is 11.3 Å². The Morgan fingerprint density at radius 3 is 2.69 bits per heavy atom. The number of allylic oxidation sites excluding steroid dienone is 1. The number of ether oxygens (including phenoxy) is 1. The molecule has 2 aromatic carbocycles. The zero-order chi connectivity index (χ0) is 18.8. The van der Waals surface area contributed by atoms with Gasteiger partial charge in [0.2, 0.25) is 0 Å². The highest BCUT2D eigenvalue weighted by Crippen LogP contribution is 2.38. The molecule has 26 heavy (non-hydrogen) atoms. The average molecular weight is 354 g/mol. The van der Waals surface area contributed by atoms with Crippen LogP contribution in [0.3, 0.4) is 0 Å². The van der Waals surface area contributed by atoms with Gasteiger partial charge < -0.3 is 20.5 Å². The molecule has 1 unspecified atom stereocenters. The first-order valence-electron chi connectivity index (χ1n) is 8.54. The molecule has 1 heterocycles. The predicted molar refractivity (Wildman–Crippen MR) is 98.5 cm³/mol. The minimum Gasteiger partial charge on any atom is -0.508 e. The lowest BCUT2D eigenvalue weighted by molar-refractivity contribution is -0.140. The molecule has 0 saturated carbocycles. The number of carbonyl (C=O) groups is 2. The zero-order valence-electron chi connectivity index (χ0n) is 15.0. The number of amides is 2. The molecule has 0 bridgehead atoms. The molecule has 0 aliphatic carbocycles. The SMILES string of the molecule is CC1=C(C(=O)OCC(C)C)C(c2c(O)ccc3ccccc23)NC(=O)N1. The Morgan fingerprint density at radius 1 is 1.23 bits per heavy atom. The summed E-state index contributed by atoms with van der Waals surface area (Å²) in [6, 6.07) is 9.64. The van der Waals surface area contributed by atoms with E-state index in [0.29, 0.717) is 11.3 Å². The van der Waals surface area contributed by atoms with E-state index in [0.717, 1.165) is 10.8 Å². The van der Waals surface area contributed by atoms with E-state index in [9.17, 15) is 14.7 Å². The van der Waals surface area contributed by atoms with Crippen LogP contribution in [0.1, 0.15) is 32.4 Å². The van der Waals surface area contributed by atoms with Crippen LogP contribution in [0.4, 0.5) is 4.79 Å². The van der Waals surface area contributed by atoms with Crippen LogP contribution in [-0.4, -0.2) is 23.7 Å². The van der Waals surface area contributed by atoms with Crippen molar-refractivity contribution in [1.29, 1.82) is 0 Å². The summed E-state index contributed by atoms with van der Waals surface area (Å²) in [5.41, 5.74) is 1.19. The summed E-state index contributed by atoms with van der Waals surface area (Å²) >= 11 is 0. The molecule has 2 amide bonds. The molecule has 1 atom stereocenters. The van der Waals surface area contributed by atoms with Crippen molar-refractivity contribution >= 4 is 22.8 Å². The standard InChI is InChI=1S/C20H22N2O4/c1-11(2)10-26-19(24)16-12(3)21-20(25)22-18(16)17-14-7-5-4-6-13(14)8-9-15(17)23/h4-9,11,18,23H,10H2,1-3H3,(H2,21,22,25). The molecule has 136 valence electrons. The zero-order valence-corrected chi connectivity index (χ0v) is 15.0. The highest BCUT2D eigenvalue weighted by molar-refractivity contribution is 5.98. The molecule has 2 aromatic rings. The van der Waals surface area contributed by atoms with Crippen LogP contribution in [0.2, 0.25) is 0 Å². The monoisotopic (exact) mass is 354 g/mol. The van der Waals surface area contributed by atoms with Crippen molar-refractivity contribution in [2.24, 2.45) is 5.92 Å². The molecule has 6 nitrogen and oxygen atoms in total. The minimum atomic E-state index is -0.797. The van der Waals surface area contributed by atoms with Crippen molar-refractivity contribution in [2.45, 2.75) is 26.8 Å². The van der Waals surface area contributed by atoms with Gasteiger partial charge in [-0.05, 0) is 29.7 Å². The van der Waals surface area contributed by atoms with Gasteiger partial charge in [-0.25, -0.2) is 9.59 Å². The second-order valence-corrected chi connectivity index (χ2v) is 6.78. The molecule has 0 spiro atoms. The molecule has 3 rings (SSSR count). The summed E-state index contributed by atoms with van der Waals surface area (Å²) in [4.78, 5) is 24.7. The molecule has 3 N–H and O–H groups in total. The number of benzene rings is 2. The normalized spacial score (nSPS) is 17.2. The van der Waals surface area contributed by atoms with Gasteiger partial charge in [-0.3, -0.25) is 0 Å². The number of phenols is 1. The van der Waals surface area contributed by atoms with Crippen molar-refractivity contribution in [3.8, 4) is 5.75 Å². The third-order valence-corrected chi connectivity index (χ3v) is 4.27. The fourth-order valence-electron chi connectivity index (χ4n) is 3.09. The van der Waals surface area contributed by atoms with Crippen LogP contribution in [0.15, 0.2) is 47.7 Å². The van der Waals surface area contributed by atoms with Gasteiger partial charge >= 0.3 is 12.0 Å². The van der Waals surface area contributed by atoms with E-state index in [1.165, 1.54) is 0 Å². The summed E-state index contributed by atoms with van der Waals surface area (Å²) in [6.45, 7) is 5.82. The predicted octanol–water partition coefficient (Wildman–Crippen LogP) is 3.37. The lowest BCUT2D eigenvalue weighted by Gasteiger charge is -2.29. The molecule has 0 radical (unpaired) electrons. The first-order valence-corrected chi connectivity index (χ1v) is 8.54. The number of hydrogen-bond donors (Lipinski definition) is 3. The topological polar surface area (TPSA) is 87.7 Å². The van der Waals surface area contributed by atoms with Crippen LogP contribution in [0.25, 0.3) is 10.8 Å². The summed E-state index contributed by atoms with van der Waals surface area (Å²) in [5.74, 6) is -0.311. The van der Waals surface area contributed by atoms with Gasteiger partial charge in [0.1, 0.15) is 5.75 Å². The molecular formula is C20H22N2O4. The Bertz CT molecular complexity index is 902. The van der Waals surface area contributed by atoms with E-state index in [2.05, 4.69) is 10.6 Å². The van der Waals surface area contributed by atoms with Crippen molar-refractivity contribution in [3.05, 3.63) is 53.2 Å². The highest BCUT2D eigenvalue weighted by Gasteiger charge is 2.34. The van der Waals surface area contributed by atoms with Crippen LogP contribution in [0, 0.1) is 5.92 Å². The summed E-state index contributed by atoms with van der Waals surface area (Å²) in [7, 11) is 0. The molecule has 0 fully saturated rings. The summed E-state index contributed by atoms with van der Waals surface area (Å²) < 4.78 is 5.38. The first kappa shape index (κ1) is 17.8. The largest absolute Gasteiger partial charge is 0.508 e. The maximum atomic E-state index is 12.7. The van der Waals surface area contributed by atoms with E-state index in [1.807, 2.05) is 38.1 Å². The Hall–Kier alpha value is -3.02. The highest BCUT2D eigenvalue weighted by atomic mass is 16.5. The fraction of sp³-hybridized carbons (Fsp3) is 0.300. The van der Waals surface area contributed by atoms with Crippen molar-refractivity contribution in [3.63, 3.8) is 0 Å². The van der Waals surface area contributed by atoms with Crippen LogP contribution in [-0.2, 0) is 9.53 Å². The minimum absolute atomic E-state index is 0.0119. The number of carbonyl (C=O) groups excluding carboxylic acids is 2. The number of esters is 1. The average Bonchev–Trinajstić information content (AvgIpc) is 2.59. The number of aromatic hydroxyl groups is 1. The van der Waals surface area contributed by atoms with Gasteiger partial charge in [0.05, 0.1) is 18.2 Å². The quantitative estimate of drug-likeness (QED) is 0.735. The lowest BCUT2D eigenvalue weighted by Crippen LogP contribution is -2.45. The maximum absolute atomic E-state index is 12.7. The van der Waals surface area contributed by atoms with Gasteiger partial charge in [-0.15, -0.1) is 0 Å². The number of rotatable bonds is 4. The van der Waals surface area contributed by atoms with Crippen LogP contribution >= 0.6 is 0 Å². The molecule has 1 aliphatic rings. The Kier molecular flexibility index (Phi) is 4.84. The second-order valence-electron chi connectivity index (χ2n) is 6.78. The van der Waals surface area contributed by atoms with Crippen molar-refractivity contribution in [1.82, 2.24) is 10.6 Å². The molecule has 1 aliphatic heterocycles. The van der Waals surface area contributed by atoms with Gasteiger partial charge in [-0.2, -0.15) is 0 Å². The lowest BCUT2D eigenvalue weighted by atomic mass is 9.90. The maximum Gasteiger partial charge on any atom is 0.338 e. The van der Waals surface area contributed by atoms with Crippen molar-refractivity contribution in [2.75, 3.05) is 6.61 Å². The Labute approximate surface area is 151 Å². The van der Waals surface area contributed by atoms with E-state index in [4.69, 9.17) is 4.74 Å². The number of urea groups is 1. The molecule has 6 heteroatoms. The molecular weight excluding hydrogens is 332 g/mol. The summed E-state index contributed by atoms with van der Waals surface area (Å²) in [6.07, 6.45) is 0. The van der Waals surface area contributed by atoms with Gasteiger partial charge in [-0.1, -0.05) is 44.2 Å². The third kappa shape index (κ3) is 3.35. The Morgan fingerprint density at radius 2 is 1.96 bits per heavy atom. The number of hydrogen-bond acceptors (Lipinski definition) is 4. The van der Waals surface area contributed by atoms with Crippen LogP contribution in [0.5, 0.6) is 5.75 Å². The van der Waals surface area contributed by atoms with Crippen LogP contribution < -0.4 is 10.6 Å². The van der Waals surface area contributed by atoms with Gasteiger partial charge in [0.25, 0.3) is 0 Å². The Balaban J connectivity index is 2.12. The third-order valence-electron chi connectivity index (χ3n) is 4.27. The molecule has 0 aromatic heterocycles.